The Kier molecular flexibility index (Phi) is 4.11. The fourth-order valence-electron chi connectivity index (χ4n) is 3.05. The van der Waals surface area contributed by atoms with E-state index < -0.39 is 0 Å². The molecular formula is C14H27NO2. The number of hydrogen-bond acceptors (Lipinski definition) is 3. The summed E-state index contributed by atoms with van der Waals surface area (Å²) < 4.78 is 6.03. The quantitative estimate of drug-likeness (QED) is 0.792. The van der Waals surface area contributed by atoms with E-state index in [1.165, 1.54) is 25.7 Å². The summed E-state index contributed by atoms with van der Waals surface area (Å²) in [5.41, 5.74) is 0.181. The normalized spacial score (nSPS) is 28.8. The molecule has 0 aromatic carbocycles. The average Bonchev–Trinajstić information content (AvgIpc) is 2.75. The summed E-state index contributed by atoms with van der Waals surface area (Å²) in [5.74, 6) is 0. The predicted octanol–water partition coefficient (Wildman–Crippen LogP) is 2.09. The van der Waals surface area contributed by atoms with Gasteiger partial charge in [0.25, 0.3) is 0 Å². The molecule has 0 amide bonds. The Labute approximate surface area is 105 Å². The monoisotopic (exact) mass is 241 g/mol. The van der Waals surface area contributed by atoms with Gasteiger partial charge in [-0.15, -0.1) is 0 Å². The molecule has 1 aliphatic heterocycles. The number of aliphatic hydroxyl groups excluding tert-OH is 1. The topological polar surface area (TPSA) is 41.5 Å². The molecule has 3 nitrogen and oxygen atoms in total. The molecule has 1 heterocycles. The van der Waals surface area contributed by atoms with Crippen molar-refractivity contribution in [3.63, 3.8) is 0 Å². The largest absolute Gasteiger partial charge is 0.396 e. The first-order valence-corrected chi connectivity index (χ1v) is 7.04. The van der Waals surface area contributed by atoms with Gasteiger partial charge in [-0.2, -0.15) is 0 Å². The molecule has 2 N–H and O–H groups in total. The second kappa shape index (κ2) is 5.25. The highest BCUT2D eigenvalue weighted by Crippen LogP contribution is 2.40. The van der Waals surface area contributed by atoms with Crippen molar-refractivity contribution < 1.29 is 9.84 Å². The lowest BCUT2D eigenvalue weighted by molar-refractivity contribution is -0.0845. The van der Waals surface area contributed by atoms with Crippen molar-refractivity contribution in [3.05, 3.63) is 0 Å². The maximum atomic E-state index is 9.26. The molecule has 1 atom stereocenters. The number of ether oxygens (including phenoxy) is 1. The fraction of sp³-hybridized carbons (Fsp3) is 1.00. The molecule has 1 unspecified atom stereocenters. The lowest BCUT2D eigenvalue weighted by Crippen LogP contribution is -2.48. The minimum Gasteiger partial charge on any atom is -0.396 e. The van der Waals surface area contributed by atoms with Gasteiger partial charge in [0.05, 0.1) is 5.60 Å². The lowest BCUT2D eigenvalue weighted by atomic mass is 9.87. The molecule has 0 aromatic heterocycles. The second-order valence-electron chi connectivity index (χ2n) is 6.63. The molecule has 3 heteroatoms. The van der Waals surface area contributed by atoms with Crippen LogP contribution in [0.2, 0.25) is 0 Å². The van der Waals surface area contributed by atoms with E-state index in [4.69, 9.17) is 4.74 Å². The summed E-state index contributed by atoms with van der Waals surface area (Å²) in [6.07, 6.45) is 7.42. The van der Waals surface area contributed by atoms with Crippen LogP contribution in [0.25, 0.3) is 0 Å². The van der Waals surface area contributed by atoms with Gasteiger partial charge in [0, 0.05) is 31.2 Å². The predicted molar refractivity (Wildman–Crippen MR) is 69.0 cm³/mol. The molecule has 0 bridgehead atoms. The summed E-state index contributed by atoms with van der Waals surface area (Å²) in [6, 6.07) is 0.577. The summed E-state index contributed by atoms with van der Waals surface area (Å²) in [6.45, 7) is 6.24. The van der Waals surface area contributed by atoms with Crippen LogP contribution >= 0.6 is 0 Å². The van der Waals surface area contributed by atoms with E-state index in [0.29, 0.717) is 6.04 Å². The Morgan fingerprint density at radius 2 is 2.06 bits per heavy atom. The van der Waals surface area contributed by atoms with Crippen molar-refractivity contribution in [2.24, 2.45) is 5.41 Å². The standard InChI is InChI=1S/C14H27NO2/c1-13(2,11-16)10-15-12-5-8-17-14(9-12)6-3-4-7-14/h12,15-16H,3-11H2,1-2H3. The molecule has 2 aliphatic rings. The van der Waals surface area contributed by atoms with Gasteiger partial charge < -0.3 is 15.2 Å². The van der Waals surface area contributed by atoms with E-state index in [2.05, 4.69) is 19.2 Å². The van der Waals surface area contributed by atoms with Crippen molar-refractivity contribution >= 4 is 0 Å². The first-order chi connectivity index (χ1) is 8.05. The molecule has 1 aliphatic carbocycles. The van der Waals surface area contributed by atoms with Gasteiger partial charge in [0.2, 0.25) is 0 Å². The Balaban J connectivity index is 1.81. The van der Waals surface area contributed by atoms with E-state index in [1.807, 2.05) is 0 Å². The van der Waals surface area contributed by atoms with Gasteiger partial charge >= 0.3 is 0 Å². The molecule has 0 aromatic rings. The number of nitrogens with one attached hydrogen (secondary N) is 1. The molecular weight excluding hydrogens is 214 g/mol. The Morgan fingerprint density at radius 1 is 1.35 bits per heavy atom. The SMILES string of the molecule is CC(C)(CO)CNC1CCOC2(CCCC2)C1. The minimum atomic E-state index is -0.0128. The highest BCUT2D eigenvalue weighted by atomic mass is 16.5. The maximum Gasteiger partial charge on any atom is 0.0697 e. The smallest absolute Gasteiger partial charge is 0.0697 e. The Hall–Kier alpha value is -0.120. The summed E-state index contributed by atoms with van der Waals surface area (Å²) in [4.78, 5) is 0. The highest BCUT2D eigenvalue weighted by Gasteiger charge is 2.39. The molecule has 1 saturated carbocycles. The zero-order chi connectivity index (χ0) is 12.4. The second-order valence-corrected chi connectivity index (χ2v) is 6.63. The van der Waals surface area contributed by atoms with E-state index >= 15 is 0 Å². The summed E-state index contributed by atoms with van der Waals surface area (Å²) in [7, 11) is 0. The van der Waals surface area contributed by atoms with Crippen LogP contribution in [0.1, 0.15) is 52.4 Å². The molecule has 2 fully saturated rings. The van der Waals surface area contributed by atoms with E-state index in [0.717, 1.165) is 26.0 Å². The molecule has 1 spiro atoms. The van der Waals surface area contributed by atoms with Gasteiger partial charge in [0.1, 0.15) is 0 Å². The van der Waals surface area contributed by atoms with Gasteiger partial charge in [-0.1, -0.05) is 26.7 Å². The van der Waals surface area contributed by atoms with E-state index in [9.17, 15) is 5.11 Å². The highest BCUT2D eigenvalue weighted by molar-refractivity contribution is 4.93. The van der Waals surface area contributed by atoms with Crippen LogP contribution in [0.4, 0.5) is 0 Å². The number of hydrogen-bond donors (Lipinski definition) is 2. The van der Waals surface area contributed by atoms with Crippen molar-refractivity contribution in [2.75, 3.05) is 19.8 Å². The van der Waals surface area contributed by atoms with Gasteiger partial charge in [0.15, 0.2) is 0 Å². The van der Waals surface area contributed by atoms with Gasteiger partial charge in [-0.3, -0.25) is 0 Å². The third-order valence-electron chi connectivity index (χ3n) is 4.31. The maximum absolute atomic E-state index is 9.26. The van der Waals surface area contributed by atoms with E-state index in [1.54, 1.807) is 0 Å². The van der Waals surface area contributed by atoms with Crippen LogP contribution in [0.15, 0.2) is 0 Å². The number of aliphatic hydroxyl groups is 1. The fourth-order valence-corrected chi connectivity index (χ4v) is 3.05. The third-order valence-corrected chi connectivity index (χ3v) is 4.31. The van der Waals surface area contributed by atoms with Crippen LogP contribution in [0, 0.1) is 5.41 Å². The number of rotatable bonds is 4. The zero-order valence-electron chi connectivity index (χ0n) is 11.3. The zero-order valence-corrected chi connectivity index (χ0v) is 11.3. The van der Waals surface area contributed by atoms with Crippen LogP contribution in [0.5, 0.6) is 0 Å². The Bertz CT molecular complexity index is 247. The average molecular weight is 241 g/mol. The lowest BCUT2D eigenvalue weighted by Gasteiger charge is -2.39. The van der Waals surface area contributed by atoms with E-state index in [-0.39, 0.29) is 17.6 Å². The first-order valence-electron chi connectivity index (χ1n) is 7.04. The molecule has 1 saturated heterocycles. The summed E-state index contributed by atoms with van der Waals surface area (Å²) in [5, 5.41) is 12.9. The minimum absolute atomic E-state index is 0.0128. The van der Waals surface area contributed by atoms with Crippen LogP contribution in [0.3, 0.4) is 0 Å². The molecule has 0 radical (unpaired) electrons. The Morgan fingerprint density at radius 3 is 2.71 bits per heavy atom. The molecule has 2 rings (SSSR count). The van der Waals surface area contributed by atoms with Crippen LogP contribution in [-0.2, 0) is 4.74 Å². The molecule has 17 heavy (non-hydrogen) atoms. The first kappa shape index (κ1) is 13.3. The summed E-state index contributed by atoms with van der Waals surface area (Å²) >= 11 is 0. The van der Waals surface area contributed by atoms with Gasteiger partial charge in [-0.05, 0) is 25.7 Å². The van der Waals surface area contributed by atoms with Crippen molar-refractivity contribution in [2.45, 2.75) is 64.0 Å². The van der Waals surface area contributed by atoms with Crippen molar-refractivity contribution in [1.29, 1.82) is 0 Å². The van der Waals surface area contributed by atoms with Crippen LogP contribution in [-0.4, -0.2) is 36.5 Å². The van der Waals surface area contributed by atoms with Gasteiger partial charge in [-0.25, -0.2) is 0 Å². The van der Waals surface area contributed by atoms with Crippen LogP contribution < -0.4 is 5.32 Å². The van der Waals surface area contributed by atoms with Crippen molar-refractivity contribution in [1.82, 2.24) is 5.32 Å². The molecule has 100 valence electrons. The third kappa shape index (κ3) is 3.43. The van der Waals surface area contributed by atoms with Crippen molar-refractivity contribution in [3.8, 4) is 0 Å².